The first kappa shape index (κ1) is 17.4. The van der Waals surface area contributed by atoms with Gasteiger partial charge in [-0.15, -0.1) is 0 Å². The molecule has 0 amide bonds. The molecule has 0 unspecified atom stereocenters. The second-order valence-electron chi connectivity index (χ2n) is 5.85. The molecule has 2 nitrogen and oxygen atoms in total. The van der Waals surface area contributed by atoms with Gasteiger partial charge in [0.15, 0.2) is 0 Å². The van der Waals surface area contributed by atoms with Gasteiger partial charge in [-0.2, -0.15) is 0 Å². The Labute approximate surface area is 154 Å². The molecule has 0 aromatic heterocycles. The first-order valence-electron chi connectivity index (χ1n) is 8.54. The summed E-state index contributed by atoms with van der Waals surface area (Å²) in [7, 11) is 0. The van der Waals surface area contributed by atoms with E-state index in [0.29, 0.717) is 6.61 Å². The summed E-state index contributed by atoms with van der Waals surface area (Å²) < 4.78 is 6.02. The summed E-state index contributed by atoms with van der Waals surface area (Å²) in [5.41, 5.74) is 4.60. The van der Waals surface area contributed by atoms with Gasteiger partial charge in [0.2, 0.25) is 0 Å². The number of nitrogens with one attached hydrogen (secondary N) is 1. The Bertz CT molecular complexity index is 832. The summed E-state index contributed by atoms with van der Waals surface area (Å²) in [6.45, 7) is 3.35. The Morgan fingerprint density at radius 3 is 2.20 bits per heavy atom. The summed E-state index contributed by atoms with van der Waals surface area (Å²) in [5, 5.41) is 4.26. The van der Waals surface area contributed by atoms with Gasteiger partial charge in [0.1, 0.15) is 12.4 Å². The van der Waals surface area contributed by atoms with Gasteiger partial charge < -0.3 is 10.1 Å². The highest BCUT2D eigenvalue weighted by Gasteiger charge is 2.06. The number of ether oxygens (including phenoxy) is 1. The van der Waals surface area contributed by atoms with E-state index in [4.69, 9.17) is 16.3 Å². The smallest absolute Gasteiger partial charge is 0.124 e. The van der Waals surface area contributed by atoms with E-state index in [1.165, 1.54) is 11.3 Å². The molecule has 0 aliphatic rings. The predicted molar refractivity (Wildman–Crippen MR) is 105 cm³/mol. The maximum absolute atomic E-state index is 6.21. The molecular weight excluding hydrogens is 330 g/mol. The summed E-state index contributed by atoms with van der Waals surface area (Å²) in [6, 6.07) is 24.3. The minimum absolute atomic E-state index is 0.461. The van der Waals surface area contributed by atoms with Gasteiger partial charge >= 0.3 is 0 Å². The number of benzene rings is 3. The van der Waals surface area contributed by atoms with E-state index in [1.54, 1.807) is 0 Å². The number of anilines is 1. The first-order valence-corrected chi connectivity index (χ1v) is 8.91. The van der Waals surface area contributed by atoms with Crippen LogP contribution in [0.1, 0.15) is 23.6 Å². The number of para-hydroxylation sites is 2. The summed E-state index contributed by atoms with van der Waals surface area (Å²) in [6.07, 6.45) is 1.01. The second kappa shape index (κ2) is 8.59. The Kier molecular flexibility index (Phi) is 5.97. The van der Waals surface area contributed by atoms with Crippen LogP contribution >= 0.6 is 11.6 Å². The second-order valence-corrected chi connectivity index (χ2v) is 6.26. The summed E-state index contributed by atoms with van der Waals surface area (Å²) in [5.74, 6) is 0.879. The molecule has 0 radical (unpaired) electrons. The highest BCUT2D eigenvalue weighted by atomic mass is 35.5. The molecule has 3 aromatic rings. The van der Waals surface area contributed by atoms with E-state index >= 15 is 0 Å². The fourth-order valence-corrected chi connectivity index (χ4v) is 2.94. The zero-order chi connectivity index (χ0) is 17.5. The van der Waals surface area contributed by atoms with Crippen LogP contribution in [0.5, 0.6) is 5.75 Å². The lowest BCUT2D eigenvalue weighted by Crippen LogP contribution is -2.05. The van der Waals surface area contributed by atoms with E-state index in [9.17, 15) is 0 Å². The van der Waals surface area contributed by atoms with E-state index in [1.807, 2.05) is 42.5 Å². The predicted octanol–water partition coefficient (Wildman–Crippen LogP) is 6.09. The molecule has 3 rings (SSSR count). The molecule has 3 heteroatoms. The summed E-state index contributed by atoms with van der Waals surface area (Å²) in [4.78, 5) is 0. The third-order valence-corrected chi connectivity index (χ3v) is 4.55. The van der Waals surface area contributed by atoms with Crippen molar-refractivity contribution >= 4 is 17.3 Å². The molecule has 0 saturated carbocycles. The van der Waals surface area contributed by atoms with Crippen LogP contribution < -0.4 is 10.1 Å². The average Bonchev–Trinajstić information content (AvgIpc) is 2.66. The van der Waals surface area contributed by atoms with Crippen molar-refractivity contribution < 1.29 is 4.74 Å². The molecule has 0 atom stereocenters. The molecule has 0 spiro atoms. The quantitative estimate of drug-likeness (QED) is 0.555. The number of rotatable bonds is 7. The van der Waals surface area contributed by atoms with Crippen LogP contribution in [0.3, 0.4) is 0 Å². The zero-order valence-corrected chi connectivity index (χ0v) is 15.1. The number of hydrogen-bond acceptors (Lipinski definition) is 2. The molecule has 25 heavy (non-hydrogen) atoms. The maximum atomic E-state index is 6.21. The van der Waals surface area contributed by atoms with Crippen molar-refractivity contribution in [2.24, 2.45) is 0 Å². The molecule has 0 aliphatic carbocycles. The zero-order valence-electron chi connectivity index (χ0n) is 14.3. The van der Waals surface area contributed by atoms with Crippen LogP contribution in [-0.4, -0.2) is 0 Å². The van der Waals surface area contributed by atoms with E-state index < -0.39 is 0 Å². The average molecular weight is 352 g/mol. The Hall–Kier alpha value is -2.45. The van der Waals surface area contributed by atoms with Crippen molar-refractivity contribution in [3.63, 3.8) is 0 Å². The van der Waals surface area contributed by atoms with Crippen molar-refractivity contribution in [2.75, 3.05) is 5.32 Å². The van der Waals surface area contributed by atoms with Crippen LogP contribution in [0.15, 0.2) is 72.8 Å². The molecule has 0 heterocycles. The molecule has 0 saturated heterocycles. The maximum Gasteiger partial charge on any atom is 0.124 e. The van der Waals surface area contributed by atoms with Gasteiger partial charge in [-0.3, -0.25) is 0 Å². The highest BCUT2D eigenvalue weighted by Crippen LogP contribution is 2.24. The van der Waals surface area contributed by atoms with Crippen molar-refractivity contribution in [2.45, 2.75) is 26.5 Å². The molecule has 0 bridgehead atoms. The Morgan fingerprint density at radius 2 is 1.44 bits per heavy atom. The third-order valence-electron chi connectivity index (χ3n) is 4.18. The Morgan fingerprint density at radius 1 is 0.800 bits per heavy atom. The van der Waals surface area contributed by atoms with E-state index in [2.05, 4.69) is 42.6 Å². The van der Waals surface area contributed by atoms with Crippen molar-refractivity contribution in [3.05, 3.63) is 94.5 Å². The van der Waals surface area contributed by atoms with Crippen molar-refractivity contribution in [1.29, 1.82) is 0 Å². The van der Waals surface area contributed by atoms with Crippen LogP contribution in [-0.2, 0) is 19.6 Å². The van der Waals surface area contributed by atoms with Crippen LogP contribution in [0.25, 0.3) is 0 Å². The molecule has 128 valence electrons. The minimum atomic E-state index is 0.461. The lowest BCUT2D eigenvalue weighted by atomic mass is 10.1. The number of halogens is 1. The standard InChI is InChI=1S/C22H22ClNO/c1-2-17-9-4-7-13-21(17)24-15-18-10-5-8-14-22(18)25-16-19-11-3-6-12-20(19)23/h3-14,24H,2,15-16H2,1H3. The summed E-state index contributed by atoms with van der Waals surface area (Å²) >= 11 is 6.21. The molecule has 0 aliphatic heterocycles. The van der Waals surface area contributed by atoms with Crippen molar-refractivity contribution in [1.82, 2.24) is 0 Å². The monoisotopic (exact) mass is 351 g/mol. The van der Waals surface area contributed by atoms with Gasteiger partial charge in [-0.25, -0.2) is 0 Å². The molecule has 3 aromatic carbocycles. The van der Waals surface area contributed by atoms with Gasteiger partial charge in [0, 0.05) is 28.4 Å². The highest BCUT2D eigenvalue weighted by molar-refractivity contribution is 6.31. The Balaban J connectivity index is 1.69. The normalized spacial score (nSPS) is 10.5. The van der Waals surface area contributed by atoms with Crippen LogP contribution in [0.4, 0.5) is 5.69 Å². The lowest BCUT2D eigenvalue weighted by Gasteiger charge is -2.15. The van der Waals surface area contributed by atoms with Crippen LogP contribution in [0.2, 0.25) is 5.02 Å². The number of aryl methyl sites for hydroxylation is 1. The van der Waals surface area contributed by atoms with Gasteiger partial charge in [-0.05, 0) is 30.2 Å². The number of hydrogen-bond donors (Lipinski definition) is 1. The molecule has 1 N–H and O–H groups in total. The van der Waals surface area contributed by atoms with E-state index in [0.717, 1.165) is 34.9 Å². The largest absolute Gasteiger partial charge is 0.488 e. The van der Waals surface area contributed by atoms with Crippen LogP contribution in [0, 0.1) is 0 Å². The topological polar surface area (TPSA) is 21.3 Å². The molecular formula is C22H22ClNO. The first-order chi connectivity index (χ1) is 12.3. The van der Waals surface area contributed by atoms with Crippen molar-refractivity contribution in [3.8, 4) is 5.75 Å². The minimum Gasteiger partial charge on any atom is -0.488 e. The van der Waals surface area contributed by atoms with Gasteiger partial charge in [0.25, 0.3) is 0 Å². The van der Waals surface area contributed by atoms with Gasteiger partial charge in [0.05, 0.1) is 0 Å². The SMILES string of the molecule is CCc1ccccc1NCc1ccccc1OCc1ccccc1Cl. The lowest BCUT2D eigenvalue weighted by molar-refractivity contribution is 0.303. The van der Waals surface area contributed by atoms with E-state index in [-0.39, 0.29) is 0 Å². The third kappa shape index (κ3) is 4.55. The molecule has 0 fully saturated rings. The fraction of sp³-hybridized carbons (Fsp3) is 0.182. The van der Waals surface area contributed by atoms with Gasteiger partial charge in [-0.1, -0.05) is 73.1 Å². The fourth-order valence-electron chi connectivity index (χ4n) is 2.75.